The molecule has 0 radical (unpaired) electrons. The van der Waals surface area contributed by atoms with E-state index < -0.39 is 26.0 Å². The van der Waals surface area contributed by atoms with Crippen molar-refractivity contribution in [1.82, 2.24) is 9.03 Å². The molecule has 180 valence electrons. The smallest absolute Gasteiger partial charge is 0.246 e. The summed E-state index contributed by atoms with van der Waals surface area (Å²) >= 11 is 0. The molecule has 0 saturated carbocycles. The molecule has 2 aromatic rings. The normalized spacial score (nSPS) is 17.5. The Bertz CT molecular complexity index is 1260. The number of ether oxygens (including phenoxy) is 1. The first-order chi connectivity index (χ1) is 15.5. The van der Waals surface area contributed by atoms with Crippen LogP contribution < -0.4 is 14.8 Å². The minimum atomic E-state index is -3.86. The lowest BCUT2D eigenvalue weighted by Crippen LogP contribution is -2.43. The summed E-state index contributed by atoms with van der Waals surface area (Å²) in [6.07, 6.45) is 1.05. The first-order valence-corrected chi connectivity index (χ1v) is 13.4. The van der Waals surface area contributed by atoms with Gasteiger partial charge in [0.15, 0.2) is 0 Å². The first-order valence-electron chi connectivity index (χ1n) is 10.5. The summed E-state index contributed by atoms with van der Waals surface area (Å²) in [6.45, 7) is 3.89. The molecule has 1 heterocycles. The molecular formula is C22H29N3O6S2. The van der Waals surface area contributed by atoms with E-state index in [0.29, 0.717) is 30.6 Å². The van der Waals surface area contributed by atoms with Crippen LogP contribution >= 0.6 is 0 Å². The van der Waals surface area contributed by atoms with Gasteiger partial charge in [0.25, 0.3) is 0 Å². The van der Waals surface area contributed by atoms with Crippen molar-refractivity contribution in [3.63, 3.8) is 0 Å². The maximum Gasteiger partial charge on any atom is 0.246 e. The number of methoxy groups -OCH3 is 1. The van der Waals surface area contributed by atoms with Crippen LogP contribution in [0.15, 0.2) is 46.2 Å². The molecule has 3 rings (SSSR count). The van der Waals surface area contributed by atoms with E-state index in [1.165, 1.54) is 30.6 Å². The van der Waals surface area contributed by atoms with E-state index >= 15 is 0 Å². The molecule has 2 aromatic carbocycles. The fourth-order valence-electron chi connectivity index (χ4n) is 3.75. The van der Waals surface area contributed by atoms with Gasteiger partial charge < -0.3 is 10.1 Å². The highest BCUT2D eigenvalue weighted by molar-refractivity contribution is 7.89. The van der Waals surface area contributed by atoms with Gasteiger partial charge in [0.2, 0.25) is 26.0 Å². The lowest BCUT2D eigenvalue weighted by atomic mass is 9.98. The second kappa shape index (κ2) is 9.80. The second-order valence-electron chi connectivity index (χ2n) is 8.03. The molecule has 0 unspecified atom stereocenters. The van der Waals surface area contributed by atoms with Crippen LogP contribution in [0, 0.1) is 19.8 Å². The Balaban J connectivity index is 1.82. The lowest BCUT2D eigenvalue weighted by molar-refractivity contribution is -0.120. The van der Waals surface area contributed by atoms with Gasteiger partial charge in [-0.25, -0.2) is 21.6 Å². The molecule has 1 fully saturated rings. The van der Waals surface area contributed by atoms with E-state index in [2.05, 4.69) is 10.0 Å². The molecule has 33 heavy (non-hydrogen) atoms. The number of nitrogens with one attached hydrogen (secondary N) is 2. The summed E-state index contributed by atoms with van der Waals surface area (Å²) in [7, 11) is -4.80. The number of benzene rings is 2. The van der Waals surface area contributed by atoms with E-state index in [1.54, 1.807) is 38.1 Å². The Morgan fingerprint density at radius 3 is 2.48 bits per heavy atom. The molecule has 0 aromatic heterocycles. The average molecular weight is 496 g/mol. The van der Waals surface area contributed by atoms with Crippen LogP contribution in [0.25, 0.3) is 0 Å². The molecule has 1 saturated heterocycles. The van der Waals surface area contributed by atoms with Crippen LogP contribution in [0.4, 0.5) is 5.69 Å². The SMILES string of the molecule is CNS(=O)(=O)c1ccc(C)c(NC(=O)[C@@H]2CCCN(S(=O)(=O)c3cc(C)ccc3OC)C2)c1. The summed E-state index contributed by atoms with van der Waals surface area (Å²) in [4.78, 5) is 13.1. The molecule has 2 N–H and O–H groups in total. The predicted octanol–water partition coefficient (Wildman–Crippen LogP) is 2.26. The van der Waals surface area contributed by atoms with Crippen LogP contribution in [0.3, 0.4) is 0 Å². The van der Waals surface area contributed by atoms with E-state index in [9.17, 15) is 21.6 Å². The van der Waals surface area contributed by atoms with Gasteiger partial charge >= 0.3 is 0 Å². The zero-order chi connectivity index (χ0) is 24.4. The zero-order valence-corrected chi connectivity index (χ0v) is 20.7. The summed E-state index contributed by atoms with van der Waals surface area (Å²) in [5, 5.41) is 2.78. The molecule has 0 bridgehead atoms. The number of piperidine rings is 1. The first kappa shape index (κ1) is 25.2. The Kier molecular flexibility index (Phi) is 7.47. The fraction of sp³-hybridized carbons (Fsp3) is 0.409. The predicted molar refractivity (Wildman–Crippen MR) is 125 cm³/mol. The topological polar surface area (TPSA) is 122 Å². The summed E-state index contributed by atoms with van der Waals surface area (Å²) in [6, 6.07) is 9.42. The van der Waals surface area contributed by atoms with Crippen molar-refractivity contribution in [3.05, 3.63) is 47.5 Å². The van der Waals surface area contributed by atoms with Gasteiger partial charge in [0.05, 0.1) is 17.9 Å². The van der Waals surface area contributed by atoms with Gasteiger partial charge in [-0.1, -0.05) is 12.1 Å². The highest BCUT2D eigenvalue weighted by Crippen LogP contribution is 2.31. The van der Waals surface area contributed by atoms with Crippen molar-refractivity contribution in [3.8, 4) is 5.75 Å². The third-order valence-electron chi connectivity index (χ3n) is 5.74. The lowest BCUT2D eigenvalue weighted by Gasteiger charge is -2.31. The molecule has 1 aliphatic heterocycles. The fourth-order valence-corrected chi connectivity index (χ4v) is 6.28. The quantitative estimate of drug-likeness (QED) is 0.608. The number of sulfonamides is 2. The largest absolute Gasteiger partial charge is 0.495 e. The van der Waals surface area contributed by atoms with Gasteiger partial charge in [0, 0.05) is 18.8 Å². The monoisotopic (exact) mass is 495 g/mol. The van der Waals surface area contributed by atoms with Crippen LogP contribution in [0.5, 0.6) is 5.75 Å². The number of nitrogens with zero attached hydrogens (tertiary/aromatic N) is 1. The summed E-state index contributed by atoms with van der Waals surface area (Å²) in [5.74, 6) is -0.674. The molecule has 0 spiro atoms. The minimum Gasteiger partial charge on any atom is -0.495 e. The number of anilines is 1. The van der Waals surface area contributed by atoms with Crippen molar-refractivity contribution in [2.45, 2.75) is 36.5 Å². The summed E-state index contributed by atoms with van der Waals surface area (Å²) < 4.78 is 59.7. The number of amides is 1. The third kappa shape index (κ3) is 5.37. The van der Waals surface area contributed by atoms with Crippen LogP contribution in [0.1, 0.15) is 24.0 Å². The Hall–Kier alpha value is -2.47. The molecule has 11 heteroatoms. The number of carbonyl (C=O) groups excluding carboxylic acids is 1. The van der Waals surface area contributed by atoms with Crippen LogP contribution in [0.2, 0.25) is 0 Å². The maximum absolute atomic E-state index is 13.3. The Labute approximate surface area is 195 Å². The highest BCUT2D eigenvalue weighted by atomic mass is 32.2. The van der Waals surface area contributed by atoms with Crippen molar-refractivity contribution in [1.29, 1.82) is 0 Å². The Morgan fingerprint density at radius 2 is 1.82 bits per heavy atom. The maximum atomic E-state index is 13.3. The average Bonchev–Trinajstić information content (AvgIpc) is 2.80. The Morgan fingerprint density at radius 1 is 1.09 bits per heavy atom. The van der Waals surface area contributed by atoms with Crippen molar-refractivity contribution in [2.75, 3.05) is 32.6 Å². The van der Waals surface area contributed by atoms with Gasteiger partial charge in [-0.15, -0.1) is 0 Å². The van der Waals surface area contributed by atoms with E-state index in [-0.39, 0.29) is 28.0 Å². The molecular weight excluding hydrogens is 466 g/mol. The van der Waals surface area contributed by atoms with E-state index in [1.807, 2.05) is 0 Å². The van der Waals surface area contributed by atoms with Crippen molar-refractivity contribution >= 4 is 31.6 Å². The van der Waals surface area contributed by atoms with Crippen molar-refractivity contribution in [2.24, 2.45) is 5.92 Å². The second-order valence-corrected chi connectivity index (χ2v) is 11.8. The van der Waals surface area contributed by atoms with Gasteiger partial charge in [-0.3, -0.25) is 4.79 Å². The number of carbonyl (C=O) groups is 1. The van der Waals surface area contributed by atoms with Crippen molar-refractivity contribution < 1.29 is 26.4 Å². The standard InChI is InChI=1S/C22H29N3O6S2/c1-15-7-10-20(31-4)21(12-15)33(29,30)25-11-5-6-17(14-25)22(26)24-19-13-18(9-8-16(19)2)32(27,28)23-3/h7-10,12-13,17,23H,5-6,11,14H2,1-4H3,(H,24,26)/t17-/m1/s1. The molecule has 1 atom stereocenters. The number of aryl methyl sites for hydroxylation is 2. The van der Waals surface area contributed by atoms with E-state index in [0.717, 1.165) is 5.56 Å². The number of hydrogen-bond donors (Lipinski definition) is 2. The molecule has 9 nitrogen and oxygen atoms in total. The van der Waals surface area contributed by atoms with Gasteiger partial charge in [-0.2, -0.15) is 4.31 Å². The molecule has 1 amide bonds. The molecule has 0 aliphatic carbocycles. The number of rotatable bonds is 7. The highest BCUT2D eigenvalue weighted by Gasteiger charge is 2.35. The third-order valence-corrected chi connectivity index (χ3v) is 9.04. The van der Waals surface area contributed by atoms with Gasteiger partial charge in [0.1, 0.15) is 10.6 Å². The molecule has 1 aliphatic rings. The van der Waals surface area contributed by atoms with E-state index in [4.69, 9.17) is 4.74 Å². The van der Waals surface area contributed by atoms with Crippen LogP contribution in [-0.2, 0) is 24.8 Å². The minimum absolute atomic E-state index is 0.0266. The van der Waals surface area contributed by atoms with Gasteiger partial charge in [-0.05, 0) is 69.1 Å². The summed E-state index contributed by atoms with van der Waals surface area (Å²) in [5.41, 5.74) is 1.85. The zero-order valence-electron chi connectivity index (χ0n) is 19.1. The number of hydrogen-bond acceptors (Lipinski definition) is 6. The van der Waals surface area contributed by atoms with Crippen LogP contribution in [-0.4, -0.2) is 54.3 Å².